The van der Waals surface area contributed by atoms with Crippen molar-refractivity contribution in [2.75, 3.05) is 19.7 Å². The van der Waals surface area contributed by atoms with Crippen LogP contribution in [-0.2, 0) is 4.74 Å². The Morgan fingerprint density at radius 1 is 1.21 bits per heavy atom. The average molecular weight is 221 g/mol. The second kappa shape index (κ2) is 4.79. The van der Waals surface area contributed by atoms with Gasteiger partial charge in [0.05, 0.1) is 6.61 Å². The van der Waals surface area contributed by atoms with E-state index in [2.05, 4.69) is 24.5 Å². The minimum atomic E-state index is 0. The van der Waals surface area contributed by atoms with Gasteiger partial charge in [0.15, 0.2) is 0 Å². The molecule has 2 saturated heterocycles. The van der Waals surface area contributed by atoms with Crippen molar-refractivity contribution in [3.63, 3.8) is 0 Å². The molecule has 4 heteroatoms. The van der Waals surface area contributed by atoms with E-state index >= 15 is 0 Å². The van der Waals surface area contributed by atoms with Crippen LogP contribution in [0.4, 0.5) is 0 Å². The van der Waals surface area contributed by atoms with Crippen LogP contribution in [0.5, 0.6) is 0 Å². The summed E-state index contributed by atoms with van der Waals surface area (Å²) in [6, 6.07) is 0. The Hall–Kier alpha value is 0.170. The highest BCUT2D eigenvalue weighted by atomic mass is 35.5. The van der Waals surface area contributed by atoms with E-state index < -0.39 is 0 Å². The first-order valence-electron chi connectivity index (χ1n) is 5.27. The first kappa shape index (κ1) is 12.2. The summed E-state index contributed by atoms with van der Waals surface area (Å²) < 4.78 is 5.77. The van der Waals surface area contributed by atoms with Crippen molar-refractivity contribution in [3.05, 3.63) is 0 Å². The molecule has 0 aromatic carbocycles. The van der Waals surface area contributed by atoms with Gasteiger partial charge in [-0.3, -0.25) is 5.32 Å². The van der Waals surface area contributed by atoms with Crippen LogP contribution in [0.15, 0.2) is 0 Å². The molecule has 3 nitrogen and oxygen atoms in total. The number of hydrogen-bond acceptors (Lipinski definition) is 3. The first-order chi connectivity index (χ1) is 6.17. The quantitative estimate of drug-likeness (QED) is 0.695. The molecule has 2 N–H and O–H groups in total. The van der Waals surface area contributed by atoms with Gasteiger partial charge in [-0.25, -0.2) is 0 Å². The monoisotopic (exact) mass is 220 g/mol. The van der Waals surface area contributed by atoms with E-state index in [1.54, 1.807) is 0 Å². The van der Waals surface area contributed by atoms with Crippen molar-refractivity contribution in [1.29, 1.82) is 0 Å². The lowest BCUT2D eigenvalue weighted by atomic mass is 9.96. The van der Waals surface area contributed by atoms with Gasteiger partial charge in [0.2, 0.25) is 0 Å². The summed E-state index contributed by atoms with van der Waals surface area (Å²) in [4.78, 5) is 0. The summed E-state index contributed by atoms with van der Waals surface area (Å²) >= 11 is 0. The summed E-state index contributed by atoms with van der Waals surface area (Å²) in [5, 5.41) is 6.93. The van der Waals surface area contributed by atoms with Gasteiger partial charge in [0.1, 0.15) is 6.23 Å². The van der Waals surface area contributed by atoms with E-state index in [1.165, 1.54) is 12.8 Å². The zero-order valence-electron chi connectivity index (χ0n) is 9.01. The lowest BCUT2D eigenvalue weighted by Gasteiger charge is -2.28. The third-order valence-corrected chi connectivity index (χ3v) is 2.97. The van der Waals surface area contributed by atoms with Gasteiger partial charge in [-0.05, 0) is 39.8 Å². The van der Waals surface area contributed by atoms with Crippen LogP contribution < -0.4 is 10.6 Å². The molecule has 0 spiro atoms. The van der Waals surface area contributed by atoms with Crippen molar-refractivity contribution >= 4 is 12.4 Å². The lowest BCUT2D eigenvalue weighted by Crippen LogP contribution is -2.44. The summed E-state index contributed by atoms with van der Waals surface area (Å²) in [7, 11) is 0. The lowest BCUT2D eigenvalue weighted by molar-refractivity contribution is 0.0390. The van der Waals surface area contributed by atoms with Crippen molar-refractivity contribution in [3.8, 4) is 0 Å². The van der Waals surface area contributed by atoms with E-state index in [4.69, 9.17) is 4.74 Å². The summed E-state index contributed by atoms with van der Waals surface area (Å²) in [5.41, 5.74) is 0.176. The smallest absolute Gasteiger partial charge is 0.111 e. The number of hydrogen-bond donors (Lipinski definition) is 2. The summed E-state index contributed by atoms with van der Waals surface area (Å²) in [6.45, 7) is 7.54. The molecule has 0 aromatic heterocycles. The van der Waals surface area contributed by atoms with Crippen LogP contribution in [0, 0.1) is 5.92 Å². The van der Waals surface area contributed by atoms with Gasteiger partial charge in [-0.15, -0.1) is 12.4 Å². The van der Waals surface area contributed by atoms with E-state index in [0.717, 1.165) is 19.7 Å². The zero-order valence-corrected chi connectivity index (χ0v) is 9.82. The Bertz CT molecular complexity index is 181. The van der Waals surface area contributed by atoms with Crippen LogP contribution in [0.1, 0.15) is 26.7 Å². The molecular weight excluding hydrogens is 200 g/mol. The van der Waals surface area contributed by atoms with Crippen LogP contribution in [0.2, 0.25) is 0 Å². The molecule has 2 rings (SSSR count). The zero-order chi connectivity index (χ0) is 9.31. The molecular formula is C10H21ClN2O. The Kier molecular flexibility index (Phi) is 4.19. The van der Waals surface area contributed by atoms with E-state index in [0.29, 0.717) is 12.1 Å². The molecule has 0 bridgehead atoms. The van der Waals surface area contributed by atoms with Crippen LogP contribution in [0.25, 0.3) is 0 Å². The second-order valence-corrected chi connectivity index (χ2v) is 4.85. The molecule has 0 saturated carbocycles. The van der Waals surface area contributed by atoms with Gasteiger partial charge in [0, 0.05) is 11.5 Å². The predicted molar refractivity (Wildman–Crippen MR) is 59.8 cm³/mol. The average Bonchev–Trinajstić information content (AvgIpc) is 2.48. The highest BCUT2D eigenvalue weighted by molar-refractivity contribution is 5.85. The maximum Gasteiger partial charge on any atom is 0.111 e. The molecule has 0 radical (unpaired) electrons. The number of halogens is 1. The van der Waals surface area contributed by atoms with Gasteiger partial charge in [-0.2, -0.15) is 0 Å². The third-order valence-electron chi connectivity index (χ3n) is 2.97. The van der Waals surface area contributed by atoms with E-state index in [-0.39, 0.29) is 17.9 Å². The second-order valence-electron chi connectivity index (χ2n) is 4.85. The van der Waals surface area contributed by atoms with Crippen molar-refractivity contribution in [1.82, 2.24) is 10.6 Å². The third kappa shape index (κ3) is 2.83. The maximum atomic E-state index is 5.77. The molecule has 2 aliphatic heterocycles. The highest BCUT2D eigenvalue weighted by Gasteiger charge is 2.35. The molecule has 1 atom stereocenters. The van der Waals surface area contributed by atoms with Gasteiger partial charge < -0.3 is 10.1 Å². The fourth-order valence-corrected chi connectivity index (χ4v) is 2.17. The molecule has 14 heavy (non-hydrogen) atoms. The highest BCUT2D eigenvalue weighted by Crippen LogP contribution is 2.24. The molecule has 2 aliphatic rings. The Labute approximate surface area is 92.4 Å². The maximum absolute atomic E-state index is 5.77. The summed E-state index contributed by atoms with van der Waals surface area (Å²) in [6.07, 6.45) is 2.79. The molecule has 0 aromatic rings. The Morgan fingerprint density at radius 3 is 2.36 bits per heavy atom. The molecule has 0 amide bonds. The molecule has 0 aliphatic carbocycles. The SMILES string of the molecule is CC1(C)COC(C2CCNCC2)N1.Cl. The minimum Gasteiger partial charge on any atom is -0.361 e. The molecule has 2 fully saturated rings. The number of rotatable bonds is 1. The van der Waals surface area contributed by atoms with Crippen LogP contribution >= 0.6 is 12.4 Å². The van der Waals surface area contributed by atoms with Gasteiger partial charge in [0.25, 0.3) is 0 Å². The molecule has 2 heterocycles. The predicted octanol–water partition coefficient (Wildman–Crippen LogP) is 1.13. The van der Waals surface area contributed by atoms with Crippen LogP contribution in [0.3, 0.4) is 0 Å². The van der Waals surface area contributed by atoms with Crippen LogP contribution in [-0.4, -0.2) is 31.5 Å². The Morgan fingerprint density at radius 2 is 1.86 bits per heavy atom. The number of piperidine rings is 1. The topological polar surface area (TPSA) is 33.3 Å². The standard InChI is InChI=1S/C10H20N2O.ClH/c1-10(2)7-13-9(12-10)8-3-5-11-6-4-8;/h8-9,11-12H,3-7H2,1-2H3;1H. The van der Waals surface area contributed by atoms with Gasteiger partial charge >= 0.3 is 0 Å². The largest absolute Gasteiger partial charge is 0.361 e. The fraction of sp³-hybridized carbons (Fsp3) is 1.00. The van der Waals surface area contributed by atoms with Crippen molar-refractivity contribution in [2.45, 2.75) is 38.5 Å². The van der Waals surface area contributed by atoms with E-state index in [9.17, 15) is 0 Å². The minimum absolute atomic E-state index is 0. The first-order valence-corrected chi connectivity index (χ1v) is 5.27. The van der Waals surface area contributed by atoms with Crippen molar-refractivity contribution < 1.29 is 4.74 Å². The number of nitrogens with one attached hydrogen (secondary N) is 2. The molecule has 1 unspecified atom stereocenters. The van der Waals surface area contributed by atoms with Gasteiger partial charge in [-0.1, -0.05) is 0 Å². The Balaban J connectivity index is 0.000000980. The number of ether oxygens (including phenoxy) is 1. The fourth-order valence-electron chi connectivity index (χ4n) is 2.17. The van der Waals surface area contributed by atoms with Crippen molar-refractivity contribution in [2.24, 2.45) is 5.92 Å². The normalized spacial score (nSPS) is 32.6. The van der Waals surface area contributed by atoms with E-state index in [1.807, 2.05) is 0 Å². The molecule has 84 valence electrons. The summed E-state index contributed by atoms with van der Waals surface area (Å²) in [5.74, 6) is 0.711.